The molecule has 3 heteroatoms. The molecule has 0 N–H and O–H groups in total. The molecule has 0 aliphatic carbocycles. The summed E-state index contributed by atoms with van der Waals surface area (Å²) in [5, 5.41) is 1.22. The van der Waals surface area contributed by atoms with Crippen LogP contribution in [0.15, 0.2) is 128 Å². The second kappa shape index (κ2) is 9.05. The van der Waals surface area contributed by atoms with Crippen LogP contribution in [0.4, 0.5) is 0 Å². The summed E-state index contributed by atoms with van der Waals surface area (Å²) in [5.74, 6) is 0.0348. The van der Waals surface area contributed by atoms with E-state index in [1.807, 2.05) is 36.4 Å². The first-order valence-electron chi connectivity index (χ1n) is 15.1. The molecule has 2 atom stereocenters. The normalized spacial score (nSPS) is 18.2. The van der Waals surface area contributed by atoms with Crippen LogP contribution >= 0.6 is 0 Å². The van der Waals surface area contributed by atoms with Gasteiger partial charge >= 0.3 is 0 Å². The van der Waals surface area contributed by atoms with Crippen molar-refractivity contribution < 1.29 is 13.9 Å². The van der Waals surface area contributed by atoms with Gasteiger partial charge in [0.2, 0.25) is 22.9 Å². The van der Waals surface area contributed by atoms with E-state index in [1.165, 1.54) is 44.4 Å². The van der Waals surface area contributed by atoms with Gasteiger partial charge in [-0.15, -0.1) is 0 Å². The van der Waals surface area contributed by atoms with E-state index in [9.17, 15) is 4.79 Å². The highest BCUT2D eigenvalue weighted by Gasteiger charge is 2.64. The zero-order valence-corrected chi connectivity index (χ0v) is 25.0. The van der Waals surface area contributed by atoms with Crippen molar-refractivity contribution in [2.75, 3.05) is 0 Å². The zero-order chi connectivity index (χ0) is 29.5. The Morgan fingerprint density at radius 2 is 1.37 bits per heavy atom. The minimum absolute atomic E-state index is 0.00537. The summed E-state index contributed by atoms with van der Waals surface area (Å²) in [6.45, 7) is 9.20. The van der Waals surface area contributed by atoms with E-state index in [4.69, 9.17) is 0 Å². The van der Waals surface area contributed by atoms with Crippen molar-refractivity contribution in [1.29, 1.82) is 0 Å². The Kier molecular flexibility index (Phi) is 5.43. The van der Waals surface area contributed by atoms with Crippen molar-refractivity contribution in [1.82, 2.24) is 0 Å². The van der Waals surface area contributed by atoms with Crippen molar-refractivity contribution in [3.05, 3.63) is 155 Å². The minimum Gasteiger partial charge on any atom is -0.288 e. The molecule has 0 bridgehead atoms. The number of nitrogens with zero attached hydrogens (tertiary/aromatic N) is 2. The highest BCUT2D eigenvalue weighted by atomic mass is 16.1. The molecular formula is C40H34N2O+2. The Bertz CT molecular complexity index is 2100. The summed E-state index contributed by atoms with van der Waals surface area (Å²) in [6.07, 6.45) is 2.12. The molecule has 208 valence electrons. The molecule has 4 heterocycles. The van der Waals surface area contributed by atoms with Gasteiger partial charge in [-0.1, -0.05) is 87.5 Å². The summed E-state index contributed by atoms with van der Waals surface area (Å²) < 4.78 is 4.94. The van der Waals surface area contributed by atoms with E-state index >= 15 is 0 Å². The van der Waals surface area contributed by atoms with E-state index in [1.54, 1.807) is 0 Å². The molecule has 2 aliphatic rings. The van der Waals surface area contributed by atoms with Crippen molar-refractivity contribution in [2.24, 2.45) is 0 Å². The van der Waals surface area contributed by atoms with Crippen LogP contribution < -0.4 is 9.13 Å². The second-order valence-electron chi connectivity index (χ2n) is 13.0. The second-order valence-corrected chi connectivity index (χ2v) is 13.0. The smallest absolute Gasteiger partial charge is 0.281 e. The van der Waals surface area contributed by atoms with E-state index in [0.29, 0.717) is 11.1 Å². The summed E-state index contributed by atoms with van der Waals surface area (Å²) in [4.78, 5) is 13.9. The first kappa shape index (κ1) is 25.8. The van der Waals surface area contributed by atoms with Gasteiger partial charge in [0.25, 0.3) is 5.54 Å². The largest absolute Gasteiger partial charge is 0.288 e. The number of hydrogen-bond acceptors (Lipinski definition) is 1. The van der Waals surface area contributed by atoms with Crippen molar-refractivity contribution in [3.63, 3.8) is 0 Å². The molecule has 2 aromatic heterocycles. The quantitative estimate of drug-likeness (QED) is 0.156. The SMILES string of the molecule is CC1[n+]2c(ccc3ccccc32)-c2ccccc2C12c1cc(C(C)(C)C)ccc1-c1ccc(C(=O)c3ccccc3)c[n+]12. The summed E-state index contributed by atoms with van der Waals surface area (Å²) in [7, 11) is 0. The van der Waals surface area contributed by atoms with Gasteiger partial charge in [-0.25, -0.2) is 0 Å². The number of pyridine rings is 2. The lowest BCUT2D eigenvalue weighted by Gasteiger charge is -2.35. The third-order valence-electron chi connectivity index (χ3n) is 9.68. The van der Waals surface area contributed by atoms with Gasteiger partial charge in [0.15, 0.2) is 12.0 Å². The number of carbonyl (C=O) groups is 1. The molecule has 0 saturated heterocycles. The molecular weight excluding hydrogens is 524 g/mol. The van der Waals surface area contributed by atoms with E-state index in [0.717, 1.165) is 5.69 Å². The Morgan fingerprint density at radius 1 is 0.674 bits per heavy atom. The average molecular weight is 559 g/mol. The van der Waals surface area contributed by atoms with Crippen molar-refractivity contribution in [2.45, 2.75) is 44.7 Å². The van der Waals surface area contributed by atoms with E-state index in [2.05, 4.69) is 128 Å². The Balaban J connectivity index is 1.50. The topological polar surface area (TPSA) is 24.8 Å². The van der Waals surface area contributed by atoms with Crippen LogP contribution in [0.3, 0.4) is 0 Å². The average Bonchev–Trinajstić information content (AvgIpc) is 3.32. The fraction of sp³-hybridized carbons (Fsp3) is 0.175. The van der Waals surface area contributed by atoms with Gasteiger partial charge in [0.05, 0.1) is 16.7 Å². The molecule has 2 unspecified atom stereocenters. The molecule has 0 saturated carbocycles. The lowest BCUT2D eigenvalue weighted by Crippen LogP contribution is -2.67. The number of hydrogen-bond donors (Lipinski definition) is 0. The number of benzene rings is 4. The molecule has 1 spiro atoms. The van der Waals surface area contributed by atoms with Gasteiger partial charge in [-0.3, -0.25) is 4.79 Å². The summed E-state index contributed by atoms with van der Waals surface area (Å²) in [6, 6.07) is 42.8. The summed E-state index contributed by atoms with van der Waals surface area (Å²) in [5.41, 5.74) is 10.7. The predicted molar refractivity (Wildman–Crippen MR) is 171 cm³/mol. The molecule has 4 aromatic carbocycles. The number of carbonyl (C=O) groups excluding carboxylic acids is 1. The maximum absolute atomic E-state index is 13.9. The van der Waals surface area contributed by atoms with E-state index in [-0.39, 0.29) is 17.2 Å². The highest BCUT2D eigenvalue weighted by molar-refractivity contribution is 6.08. The number of ketones is 1. The maximum Gasteiger partial charge on any atom is 0.281 e. The molecule has 6 aromatic rings. The van der Waals surface area contributed by atoms with Gasteiger partial charge in [-0.2, -0.15) is 9.13 Å². The van der Waals surface area contributed by atoms with Crippen LogP contribution in [0.25, 0.3) is 33.4 Å². The van der Waals surface area contributed by atoms with Crippen LogP contribution in [-0.2, 0) is 11.0 Å². The molecule has 0 fully saturated rings. The third-order valence-corrected chi connectivity index (χ3v) is 9.68. The fourth-order valence-corrected chi connectivity index (χ4v) is 7.60. The predicted octanol–water partition coefficient (Wildman–Crippen LogP) is 7.96. The van der Waals surface area contributed by atoms with Crippen LogP contribution in [0.2, 0.25) is 0 Å². The number of para-hydroxylation sites is 1. The molecule has 3 nitrogen and oxygen atoms in total. The zero-order valence-electron chi connectivity index (χ0n) is 25.0. The van der Waals surface area contributed by atoms with Crippen molar-refractivity contribution >= 4 is 16.7 Å². The number of rotatable bonds is 2. The maximum atomic E-state index is 13.9. The lowest BCUT2D eigenvalue weighted by atomic mass is 9.71. The molecule has 0 amide bonds. The lowest BCUT2D eigenvalue weighted by molar-refractivity contribution is -0.811. The Morgan fingerprint density at radius 3 is 2.19 bits per heavy atom. The monoisotopic (exact) mass is 558 g/mol. The molecule has 2 aliphatic heterocycles. The van der Waals surface area contributed by atoms with Crippen molar-refractivity contribution in [3.8, 4) is 22.5 Å². The minimum atomic E-state index is -0.572. The number of fused-ring (bicyclic) bond motifs is 11. The Labute approximate surface area is 252 Å². The molecule has 0 radical (unpaired) electrons. The van der Waals surface area contributed by atoms with Crippen LogP contribution in [-0.4, -0.2) is 5.78 Å². The van der Waals surface area contributed by atoms with E-state index < -0.39 is 5.54 Å². The first-order valence-corrected chi connectivity index (χ1v) is 15.1. The van der Waals surface area contributed by atoms with Crippen LogP contribution in [0, 0.1) is 0 Å². The van der Waals surface area contributed by atoms with Gasteiger partial charge in [0, 0.05) is 47.2 Å². The Hall–Kier alpha value is -4.89. The summed E-state index contributed by atoms with van der Waals surface area (Å²) >= 11 is 0. The van der Waals surface area contributed by atoms with Gasteiger partial charge in [0.1, 0.15) is 0 Å². The molecule has 43 heavy (non-hydrogen) atoms. The van der Waals surface area contributed by atoms with Crippen LogP contribution in [0.1, 0.15) is 66.3 Å². The van der Waals surface area contributed by atoms with Crippen LogP contribution in [0.5, 0.6) is 0 Å². The molecule has 8 rings (SSSR count). The fourth-order valence-electron chi connectivity index (χ4n) is 7.60. The van der Waals surface area contributed by atoms with Gasteiger partial charge in [-0.05, 0) is 47.4 Å². The standard InChI is InChI=1S/C40H34N2O/c1-26-40(33-16-10-9-15-31(33)37-23-18-27-12-8-11-17-35(27)42(26)37)34-24-30(39(2,3)4)20-21-32(34)36-22-19-29(25-41(36)40)38(43)28-13-6-5-7-14-28/h5-26H,1-4H3/q+2. The van der Waals surface area contributed by atoms with Gasteiger partial charge < -0.3 is 0 Å². The number of aromatic nitrogens is 2. The third kappa shape index (κ3) is 3.51. The first-order chi connectivity index (χ1) is 20.8. The highest BCUT2D eigenvalue weighted by Crippen LogP contribution is 2.52.